The fourth-order valence-corrected chi connectivity index (χ4v) is 4.34. The fraction of sp³-hybridized carbons (Fsp3) is 0.591. The standard InChI is InChI=1S/C18H25N5OS.2C2HF3O2/c1-14-9-19-17(20-10-14)23-5-3-18(4-6-23)13-22(7-8-24-18)11-16-12-25-15(2)21-16;2*3-2(4,5)1(6)7/h9-10,12H,3-8,11,13H2,1-2H3;2*(H,6,7). The van der Waals surface area contributed by atoms with E-state index in [2.05, 4.69) is 37.1 Å². The van der Waals surface area contributed by atoms with Crippen LogP contribution in [0.3, 0.4) is 0 Å². The smallest absolute Gasteiger partial charge is 0.475 e. The van der Waals surface area contributed by atoms with Crippen LogP contribution in [0.15, 0.2) is 17.8 Å². The first kappa shape index (κ1) is 32.2. The second-order valence-corrected chi connectivity index (χ2v) is 9.82. The molecule has 2 aromatic heterocycles. The van der Waals surface area contributed by atoms with E-state index in [0.717, 1.165) is 68.7 Å². The van der Waals surface area contributed by atoms with Gasteiger partial charge in [-0.25, -0.2) is 24.5 Å². The van der Waals surface area contributed by atoms with Crippen molar-refractivity contribution < 1.29 is 50.9 Å². The molecular weight excluding hydrogens is 560 g/mol. The van der Waals surface area contributed by atoms with Crippen LogP contribution in [-0.4, -0.2) is 92.7 Å². The molecule has 0 atom stereocenters. The molecule has 2 saturated heterocycles. The molecule has 4 heterocycles. The Morgan fingerprint density at radius 1 is 1.00 bits per heavy atom. The lowest BCUT2D eigenvalue weighted by molar-refractivity contribution is -0.193. The van der Waals surface area contributed by atoms with E-state index in [1.807, 2.05) is 19.3 Å². The zero-order chi connectivity index (χ0) is 29.4. The number of aryl methyl sites for hydroxylation is 2. The van der Waals surface area contributed by atoms with Gasteiger partial charge in [-0.3, -0.25) is 4.90 Å². The summed E-state index contributed by atoms with van der Waals surface area (Å²) in [6, 6.07) is 0. The topological polar surface area (TPSA) is 129 Å². The highest BCUT2D eigenvalue weighted by atomic mass is 32.1. The van der Waals surface area contributed by atoms with E-state index in [0.29, 0.717) is 0 Å². The molecule has 39 heavy (non-hydrogen) atoms. The van der Waals surface area contributed by atoms with Gasteiger partial charge < -0.3 is 19.8 Å². The average Bonchev–Trinajstić information content (AvgIpc) is 3.24. The van der Waals surface area contributed by atoms with Crippen LogP contribution in [0.5, 0.6) is 0 Å². The first-order chi connectivity index (χ1) is 18.0. The van der Waals surface area contributed by atoms with Crippen LogP contribution in [0.2, 0.25) is 0 Å². The number of morpholine rings is 1. The molecule has 0 unspecified atom stereocenters. The number of alkyl halides is 6. The predicted molar refractivity (Wildman–Crippen MR) is 126 cm³/mol. The van der Waals surface area contributed by atoms with Crippen LogP contribution in [0.25, 0.3) is 0 Å². The molecule has 4 rings (SSSR count). The number of aromatic nitrogens is 3. The Hall–Kier alpha value is -3.05. The van der Waals surface area contributed by atoms with Gasteiger partial charge in [-0.05, 0) is 32.3 Å². The van der Waals surface area contributed by atoms with E-state index in [1.165, 1.54) is 5.69 Å². The Kier molecular flexibility index (Phi) is 11.0. The van der Waals surface area contributed by atoms with E-state index >= 15 is 0 Å². The lowest BCUT2D eigenvalue weighted by atomic mass is 9.89. The highest BCUT2D eigenvalue weighted by Gasteiger charge is 2.40. The number of hydrogen-bond acceptors (Lipinski definition) is 9. The maximum atomic E-state index is 10.6. The molecule has 2 aromatic rings. The number of nitrogens with zero attached hydrogens (tertiary/aromatic N) is 5. The Balaban J connectivity index is 0.000000317. The molecule has 0 bridgehead atoms. The minimum absolute atomic E-state index is 0.0233. The largest absolute Gasteiger partial charge is 0.490 e. The fourth-order valence-electron chi connectivity index (χ4n) is 3.73. The molecule has 17 heteroatoms. The highest BCUT2D eigenvalue weighted by molar-refractivity contribution is 7.09. The summed E-state index contributed by atoms with van der Waals surface area (Å²) < 4.78 is 69.7. The van der Waals surface area contributed by atoms with E-state index in [4.69, 9.17) is 24.5 Å². The molecular formula is C22H27F6N5O5S. The Labute approximate surface area is 223 Å². The van der Waals surface area contributed by atoms with Gasteiger partial charge in [-0.1, -0.05) is 0 Å². The van der Waals surface area contributed by atoms with Gasteiger partial charge in [-0.2, -0.15) is 26.3 Å². The van der Waals surface area contributed by atoms with Crippen LogP contribution in [0.1, 0.15) is 29.1 Å². The minimum atomic E-state index is -5.08. The number of hydrogen-bond donors (Lipinski definition) is 2. The third-order valence-electron chi connectivity index (χ3n) is 5.59. The summed E-state index contributed by atoms with van der Waals surface area (Å²) in [6.45, 7) is 9.71. The van der Waals surface area contributed by atoms with Crippen molar-refractivity contribution in [3.8, 4) is 0 Å². The summed E-state index contributed by atoms with van der Waals surface area (Å²) in [5, 5.41) is 17.6. The first-order valence-electron chi connectivity index (χ1n) is 11.4. The third-order valence-corrected chi connectivity index (χ3v) is 6.41. The van der Waals surface area contributed by atoms with Crippen molar-refractivity contribution >= 4 is 29.2 Å². The zero-order valence-electron chi connectivity index (χ0n) is 20.9. The lowest BCUT2D eigenvalue weighted by Gasteiger charge is -2.47. The van der Waals surface area contributed by atoms with Crippen molar-refractivity contribution in [3.05, 3.63) is 34.0 Å². The van der Waals surface area contributed by atoms with Crippen molar-refractivity contribution in [3.63, 3.8) is 0 Å². The van der Waals surface area contributed by atoms with Crippen molar-refractivity contribution in [2.75, 3.05) is 37.7 Å². The number of anilines is 1. The summed E-state index contributed by atoms with van der Waals surface area (Å²) in [4.78, 5) is 36.1. The Morgan fingerprint density at radius 2 is 1.51 bits per heavy atom. The van der Waals surface area contributed by atoms with Gasteiger partial charge in [-0.15, -0.1) is 11.3 Å². The number of rotatable bonds is 3. The number of carboxylic acids is 2. The highest BCUT2D eigenvalue weighted by Crippen LogP contribution is 2.32. The van der Waals surface area contributed by atoms with Gasteiger partial charge in [0.2, 0.25) is 5.95 Å². The van der Waals surface area contributed by atoms with Gasteiger partial charge in [0.05, 0.1) is 22.9 Å². The molecule has 2 fully saturated rings. The predicted octanol–water partition coefficient (Wildman–Crippen LogP) is 3.69. The van der Waals surface area contributed by atoms with Crippen LogP contribution in [-0.2, 0) is 20.9 Å². The van der Waals surface area contributed by atoms with E-state index in [1.54, 1.807) is 11.3 Å². The number of ether oxygens (including phenoxy) is 1. The number of aliphatic carboxylic acids is 2. The molecule has 2 aliphatic rings. The van der Waals surface area contributed by atoms with Crippen molar-refractivity contribution in [1.29, 1.82) is 0 Å². The summed E-state index contributed by atoms with van der Waals surface area (Å²) in [5.74, 6) is -4.67. The van der Waals surface area contributed by atoms with Gasteiger partial charge in [0, 0.05) is 50.5 Å². The molecule has 0 radical (unpaired) electrons. The Bertz CT molecular complexity index is 1060. The summed E-state index contributed by atoms with van der Waals surface area (Å²) in [6.07, 6.45) is -4.34. The van der Waals surface area contributed by atoms with Crippen LogP contribution in [0.4, 0.5) is 32.3 Å². The molecule has 0 aliphatic carbocycles. The van der Waals surface area contributed by atoms with Crippen LogP contribution in [0, 0.1) is 13.8 Å². The van der Waals surface area contributed by atoms with Gasteiger partial charge in [0.1, 0.15) is 0 Å². The number of carboxylic acid groups (broad SMARTS) is 2. The molecule has 0 aromatic carbocycles. The van der Waals surface area contributed by atoms with Crippen molar-refractivity contribution in [2.45, 2.75) is 51.2 Å². The number of piperidine rings is 1. The Morgan fingerprint density at radius 3 is 1.95 bits per heavy atom. The van der Waals surface area contributed by atoms with Gasteiger partial charge in [0.15, 0.2) is 0 Å². The summed E-state index contributed by atoms with van der Waals surface area (Å²) in [5.41, 5.74) is 2.26. The van der Waals surface area contributed by atoms with E-state index < -0.39 is 24.3 Å². The van der Waals surface area contributed by atoms with Gasteiger partial charge >= 0.3 is 24.3 Å². The first-order valence-corrected chi connectivity index (χ1v) is 12.3. The lowest BCUT2D eigenvalue weighted by Crippen LogP contribution is -2.56. The third kappa shape index (κ3) is 10.6. The van der Waals surface area contributed by atoms with E-state index in [-0.39, 0.29) is 5.60 Å². The molecule has 2 N–H and O–H groups in total. The second kappa shape index (κ2) is 13.3. The molecule has 2 aliphatic heterocycles. The maximum Gasteiger partial charge on any atom is 0.490 e. The normalized spacial score (nSPS) is 17.5. The maximum absolute atomic E-state index is 10.6. The molecule has 0 amide bonds. The zero-order valence-corrected chi connectivity index (χ0v) is 21.7. The molecule has 10 nitrogen and oxygen atoms in total. The average molecular weight is 588 g/mol. The number of carbonyl (C=O) groups is 2. The SMILES string of the molecule is Cc1cnc(N2CCC3(CC2)CN(Cc2csc(C)n2)CCO3)nc1.O=C(O)C(F)(F)F.O=C(O)C(F)(F)F. The molecule has 218 valence electrons. The monoisotopic (exact) mass is 587 g/mol. The number of halogens is 6. The molecule has 1 spiro atoms. The van der Waals surface area contributed by atoms with Crippen LogP contribution < -0.4 is 4.90 Å². The second-order valence-electron chi connectivity index (χ2n) is 8.75. The van der Waals surface area contributed by atoms with Crippen molar-refractivity contribution in [2.24, 2.45) is 0 Å². The quantitative estimate of drug-likeness (QED) is 0.513. The summed E-state index contributed by atoms with van der Waals surface area (Å²) in [7, 11) is 0. The minimum Gasteiger partial charge on any atom is -0.475 e. The van der Waals surface area contributed by atoms with E-state index in [9.17, 15) is 26.3 Å². The summed E-state index contributed by atoms with van der Waals surface area (Å²) >= 11 is 1.73. The van der Waals surface area contributed by atoms with Crippen LogP contribution >= 0.6 is 11.3 Å². The molecule has 0 saturated carbocycles. The number of thiazole rings is 1. The van der Waals surface area contributed by atoms with Gasteiger partial charge in [0.25, 0.3) is 0 Å². The van der Waals surface area contributed by atoms with Crippen molar-refractivity contribution in [1.82, 2.24) is 19.9 Å².